The van der Waals surface area contributed by atoms with Crippen LogP contribution in [0, 0.1) is 11.8 Å². The maximum atomic E-state index is 13.2. The van der Waals surface area contributed by atoms with Crippen LogP contribution in [-0.4, -0.2) is 33.4 Å². The molecule has 1 aromatic carbocycles. The zero-order valence-corrected chi connectivity index (χ0v) is 17.0. The van der Waals surface area contributed by atoms with Gasteiger partial charge in [-0.2, -0.15) is 0 Å². The first-order chi connectivity index (χ1) is 14.0. The summed E-state index contributed by atoms with van der Waals surface area (Å²) in [5.74, 6) is 0.294. The van der Waals surface area contributed by atoms with Crippen molar-refractivity contribution < 1.29 is 19.1 Å². The second-order valence-corrected chi connectivity index (χ2v) is 8.52. The van der Waals surface area contributed by atoms with Gasteiger partial charge in [-0.3, -0.25) is 9.59 Å². The third-order valence-corrected chi connectivity index (χ3v) is 6.19. The van der Waals surface area contributed by atoms with Crippen molar-refractivity contribution in [3.8, 4) is 11.3 Å². The number of hydrogen-bond donors (Lipinski definition) is 1. The highest BCUT2D eigenvalue weighted by Crippen LogP contribution is 2.40. The molecule has 6 heteroatoms. The van der Waals surface area contributed by atoms with Gasteiger partial charge in [0, 0.05) is 23.9 Å². The van der Waals surface area contributed by atoms with Gasteiger partial charge in [-0.1, -0.05) is 44.2 Å². The van der Waals surface area contributed by atoms with Crippen LogP contribution in [0.5, 0.6) is 0 Å². The fourth-order valence-corrected chi connectivity index (χ4v) is 4.64. The Kier molecular flexibility index (Phi) is 5.43. The first-order valence-corrected chi connectivity index (χ1v) is 10.5. The Labute approximate surface area is 170 Å². The minimum absolute atomic E-state index is 0.0572. The zero-order chi connectivity index (χ0) is 20.5. The Morgan fingerprint density at radius 2 is 1.86 bits per heavy atom. The summed E-state index contributed by atoms with van der Waals surface area (Å²) in [4.78, 5) is 31.1. The van der Waals surface area contributed by atoms with E-state index in [0.29, 0.717) is 31.7 Å². The first kappa shape index (κ1) is 19.7. The van der Waals surface area contributed by atoms with Crippen LogP contribution in [0.4, 0.5) is 0 Å². The van der Waals surface area contributed by atoms with E-state index in [4.69, 9.17) is 9.40 Å². The molecule has 1 saturated heterocycles. The number of likely N-dealkylation sites (tertiary alicyclic amines) is 1. The molecule has 2 heterocycles. The van der Waals surface area contributed by atoms with Crippen molar-refractivity contribution in [2.24, 2.45) is 11.8 Å². The Morgan fingerprint density at radius 3 is 2.52 bits per heavy atom. The van der Waals surface area contributed by atoms with E-state index in [1.165, 1.54) is 0 Å². The lowest BCUT2D eigenvalue weighted by Gasteiger charge is -2.25. The fraction of sp³-hybridized carbons (Fsp3) is 0.522. The molecule has 0 spiro atoms. The van der Waals surface area contributed by atoms with E-state index in [9.17, 15) is 14.7 Å². The molecule has 1 saturated carbocycles. The van der Waals surface area contributed by atoms with Crippen LogP contribution in [-0.2, 0) is 9.59 Å². The van der Waals surface area contributed by atoms with Crippen LogP contribution in [0.25, 0.3) is 11.3 Å². The van der Waals surface area contributed by atoms with Gasteiger partial charge in [-0.15, -0.1) is 0 Å². The van der Waals surface area contributed by atoms with Gasteiger partial charge in [0.1, 0.15) is 17.5 Å². The summed E-state index contributed by atoms with van der Waals surface area (Å²) in [6.07, 6.45) is 3.41. The van der Waals surface area contributed by atoms with Crippen molar-refractivity contribution >= 4 is 11.9 Å². The van der Waals surface area contributed by atoms with Crippen LogP contribution in [0.2, 0.25) is 0 Å². The minimum Gasteiger partial charge on any atom is -0.481 e. The molecule has 3 atom stereocenters. The molecule has 6 nitrogen and oxygen atoms in total. The second-order valence-electron chi connectivity index (χ2n) is 8.52. The summed E-state index contributed by atoms with van der Waals surface area (Å²) in [5.41, 5.74) is 1.86. The van der Waals surface area contributed by atoms with Crippen LogP contribution in [0.15, 0.2) is 34.7 Å². The lowest BCUT2D eigenvalue weighted by atomic mass is 10.0. The summed E-state index contributed by atoms with van der Waals surface area (Å²) in [6.45, 7) is 4.84. The molecule has 29 heavy (non-hydrogen) atoms. The highest BCUT2D eigenvalue weighted by atomic mass is 16.4. The average Bonchev–Trinajstić information content (AvgIpc) is 3.46. The molecular weight excluding hydrogens is 368 g/mol. The van der Waals surface area contributed by atoms with E-state index in [1.807, 2.05) is 35.2 Å². The summed E-state index contributed by atoms with van der Waals surface area (Å²) in [6, 6.07) is 9.83. The third kappa shape index (κ3) is 3.80. The Morgan fingerprint density at radius 1 is 1.14 bits per heavy atom. The number of oxazole rings is 1. The lowest BCUT2D eigenvalue weighted by molar-refractivity contribution is -0.141. The number of hydrogen-bond acceptors (Lipinski definition) is 4. The van der Waals surface area contributed by atoms with Gasteiger partial charge in [0.25, 0.3) is 0 Å². The van der Waals surface area contributed by atoms with E-state index in [1.54, 1.807) is 0 Å². The number of carbonyl (C=O) groups is 2. The van der Waals surface area contributed by atoms with Crippen molar-refractivity contribution in [2.45, 2.75) is 57.9 Å². The normalized spacial score (nSPS) is 24.4. The summed E-state index contributed by atoms with van der Waals surface area (Å²) < 4.78 is 6.22. The van der Waals surface area contributed by atoms with Crippen LogP contribution < -0.4 is 0 Å². The monoisotopic (exact) mass is 396 g/mol. The predicted octanol–water partition coefficient (Wildman–Crippen LogP) is 4.63. The van der Waals surface area contributed by atoms with Crippen molar-refractivity contribution in [2.75, 3.05) is 6.54 Å². The largest absolute Gasteiger partial charge is 0.481 e. The summed E-state index contributed by atoms with van der Waals surface area (Å²) in [5, 5.41) is 9.25. The lowest BCUT2D eigenvalue weighted by Crippen LogP contribution is -2.35. The SMILES string of the molecule is CC(C)c1oc(C2CCCN2C(=O)[C@@H]2CC[C@H](C(=O)O)C2)nc1-c1ccccc1. The summed E-state index contributed by atoms with van der Waals surface area (Å²) in [7, 11) is 0. The van der Waals surface area contributed by atoms with Gasteiger partial charge in [-0.05, 0) is 32.1 Å². The minimum atomic E-state index is -0.792. The van der Waals surface area contributed by atoms with E-state index in [0.717, 1.165) is 29.9 Å². The van der Waals surface area contributed by atoms with Gasteiger partial charge in [-0.25, -0.2) is 4.98 Å². The van der Waals surface area contributed by atoms with Crippen LogP contribution in [0.1, 0.15) is 69.6 Å². The second kappa shape index (κ2) is 8.01. The molecule has 1 aromatic heterocycles. The van der Waals surface area contributed by atoms with Gasteiger partial charge in [0.05, 0.1) is 5.92 Å². The van der Waals surface area contributed by atoms with E-state index >= 15 is 0 Å². The number of aliphatic carboxylic acids is 1. The van der Waals surface area contributed by atoms with E-state index in [-0.39, 0.29) is 23.8 Å². The molecule has 0 radical (unpaired) electrons. The Bertz CT molecular complexity index is 890. The maximum Gasteiger partial charge on any atom is 0.306 e. The molecule has 2 aromatic rings. The Balaban J connectivity index is 1.59. The van der Waals surface area contributed by atoms with E-state index < -0.39 is 11.9 Å². The number of carboxylic acid groups (broad SMARTS) is 1. The molecule has 1 N–H and O–H groups in total. The third-order valence-electron chi connectivity index (χ3n) is 6.19. The predicted molar refractivity (Wildman–Crippen MR) is 108 cm³/mol. The van der Waals surface area contributed by atoms with Gasteiger partial charge < -0.3 is 14.4 Å². The topological polar surface area (TPSA) is 83.6 Å². The molecule has 154 valence electrons. The number of nitrogens with zero attached hydrogens (tertiary/aromatic N) is 2. The van der Waals surface area contributed by atoms with Crippen molar-refractivity contribution in [3.05, 3.63) is 42.0 Å². The highest BCUT2D eigenvalue weighted by molar-refractivity contribution is 5.81. The van der Waals surface area contributed by atoms with Crippen molar-refractivity contribution in [1.82, 2.24) is 9.88 Å². The maximum absolute atomic E-state index is 13.2. The van der Waals surface area contributed by atoms with Crippen LogP contribution in [0.3, 0.4) is 0 Å². The number of benzene rings is 1. The highest BCUT2D eigenvalue weighted by Gasteiger charge is 2.41. The zero-order valence-electron chi connectivity index (χ0n) is 17.0. The number of carboxylic acids is 1. The Hall–Kier alpha value is -2.63. The first-order valence-electron chi connectivity index (χ1n) is 10.5. The molecular formula is C23H28N2O4. The van der Waals surface area contributed by atoms with Crippen molar-refractivity contribution in [1.29, 1.82) is 0 Å². The number of rotatable bonds is 5. The van der Waals surface area contributed by atoms with E-state index in [2.05, 4.69) is 13.8 Å². The average molecular weight is 396 g/mol. The molecule has 2 fully saturated rings. The molecule has 1 aliphatic heterocycles. The van der Waals surface area contributed by atoms with Gasteiger partial charge in [0.2, 0.25) is 11.8 Å². The van der Waals surface area contributed by atoms with Gasteiger partial charge in [0.15, 0.2) is 0 Å². The molecule has 4 rings (SSSR count). The molecule has 1 unspecified atom stereocenters. The molecule has 1 aliphatic carbocycles. The number of amides is 1. The standard InChI is InChI=1S/C23H28N2O4/c1-14(2)20-19(15-7-4-3-5-8-15)24-21(29-20)18-9-6-12-25(18)22(26)16-10-11-17(13-16)23(27)28/h3-5,7-8,14,16-18H,6,9-13H2,1-2H3,(H,27,28)/t16-,17+,18?/m1/s1. The fourth-order valence-electron chi connectivity index (χ4n) is 4.64. The van der Waals surface area contributed by atoms with Gasteiger partial charge >= 0.3 is 5.97 Å². The number of aromatic nitrogens is 1. The van der Waals surface area contributed by atoms with Crippen LogP contribution >= 0.6 is 0 Å². The summed E-state index contributed by atoms with van der Waals surface area (Å²) >= 11 is 0. The van der Waals surface area contributed by atoms with Crippen molar-refractivity contribution in [3.63, 3.8) is 0 Å². The molecule has 2 aliphatic rings. The smallest absolute Gasteiger partial charge is 0.306 e. The molecule has 0 bridgehead atoms. The molecule has 1 amide bonds. The quantitative estimate of drug-likeness (QED) is 0.797. The number of carbonyl (C=O) groups excluding carboxylic acids is 1.